The van der Waals surface area contributed by atoms with Gasteiger partial charge >= 0.3 is 0 Å². The van der Waals surface area contributed by atoms with Crippen molar-refractivity contribution in [2.75, 3.05) is 31.8 Å². The SMILES string of the molecule is COc1ccc(S(=O)(=O)NCCSCCCO)cc1. The molecule has 1 aromatic rings. The molecule has 5 nitrogen and oxygen atoms in total. The fourth-order valence-corrected chi connectivity index (χ4v) is 3.30. The quantitative estimate of drug-likeness (QED) is 0.668. The summed E-state index contributed by atoms with van der Waals surface area (Å²) < 4.78 is 31.4. The lowest BCUT2D eigenvalue weighted by Gasteiger charge is -2.07. The maximum atomic E-state index is 11.9. The second-order valence-electron chi connectivity index (χ2n) is 3.76. The van der Waals surface area contributed by atoms with Crippen molar-refractivity contribution in [1.29, 1.82) is 0 Å². The molecule has 0 atom stereocenters. The molecule has 0 amide bonds. The Morgan fingerprint density at radius 1 is 1.26 bits per heavy atom. The average molecular weight is 305 g/mol. The Morgan fingerprint density at radius 2 is 1.95 bits per heavy atom. The summed E-state index contributed by atoms with van der Waals surface area (Å²) in [6, 6.07) is 6.26. The molecule has 0 aliphatic heterocycles. The molecule has 0 radical (unpaired) electrons. The topological polar surface area (TPSA) is 75.6 Å². The predicted molar refractivity (Wildman–Crippen MR) is 77.2 cm³/mol. The van der Waals surface area contributed by atoms with E-state index in [2.05, 4.69) is 4.72 Å². The van der Waals surface area contributed by atoms with Crippen LogP contribution in [0.25, 0.3) is 0 Å². The van der Waals surface area contributed by atoms with Crippen LogP contribution in [0.15, 0.2) is 29.2 Å². The van der Waals surface area contributed by atoms with Crippen molar-refractivity contribution in [2.45, 2.75) is 11.3 Å². The third-order valence-corrected chi connectivity index (χ3v) is 4.90. The molecule has 108 valence electrons. The van der Waals surface area contributed by atoms with Crippen LogP contribution >= 0.6 is 11.8 Å². The molecule has 0 aliphatic rings. The van der Waals surface area contributed by atoms with Crippen molar-refractivity contribution in [2.24, 2.45) is 0 Å². The summed E-state index contributed by atoms with van der Waals surface area (Å²) in [7, 11) is -1.91. The first-order chi connectivity index (χ1) is 9.10. The van der Waals surface area contributed by atoms with E-state index >= 15 is 0 Å². The van der Waals surface area contributed by atoms with E-state index in [0.29, 0.717) is 18.0 Å². The molecule has 0 spiro atoms. The molecule has 1 rings (SSSR count). The number of aliphatic hydroxyl groups excluding tert-OH is 1. The van der Waals surface area contributed by atoms with E-state index in [1.165, 1.54) is 19.2 Å². The van der Waals surface area contributed by atoms with Crippen molar-refractivity contribution < 1.29 is 18.3 Å². The molecule has 0 fully saturated rings. The van der Waals surface area contributed by atoms with Crippen molar-refractivity contribution in [3.63, 3.8) is 0 Å². The minimum Gasteiger partial charge on any atom is -0.497 e. The van der Waals surface area contributed by atoms with Crippen LogP contribution in [0.3, 0.4) is 0 Å². The number of rotatable bonds is 9. The number of sulfonamides is 1. The highest BCUT2D eigenvalue weighted by Gasteiger charge is 2.12. The lowest BCUT2D eigenvalue weighted by molar-refractivity contribution is 0.296. The minimum atomic E-state index is -3.45. The van der Waals surface area contributed by atoms with Gasteiger partial charge in [0.25, 0.3) is 0 Å². The summed E-state index contributed by atoms with van der Waals surface area (Å²) in [6.07, 6.45) is 0.732. The summed E-state index contributed by atoms with van der Waals surface area (Å²) in [5.74, 6) is 2.15. The number of methoxy groups -OCH3 is 1. The van der Waals surface area contributed by atoms with Crippen LogP contribution in [0.2, 0.25) is 0 Å². The summed E-state index contributed by atoms with van der Waals surface area (Å²) in [4.78, 5) is 0.230. The highest BCUT2D eigenvalue weighted by Crippen LogP contribution is 2.15. The van der Waals surface area contributed by atoms with Crippen LogP contribution in [0.1, 0.15) is 6.42 Å². The Bertz CT molecular complexity index is 459. The van der Waals surface area contributed by atoms with Crippen LogP contribution in [0.5, 0.6) is 5.75 Å². The van der Waals surface area contributed by atoms with E-state index in [1.807, 2.05) is 0 Å². The second kappa shape index (κ2) is 8.42. The van der Waals surface area contributed by atoms with Gasteiger partial charge in [0.1, 0.15) is 5.75 Å². The van der Waals surface area contributed by atoms with Gasteiger partial charge in [-0.2, -0.15) is 11.8 Å². The van der Waals surface area contributed by atoms with Crippen molar-refractivity contribution >= 4 is 21.8 Å². The number of nitrogens with one attached hydrogen (secondary N) is 1. The predicted octanol–water partition coefficient (Wildman–Crippen LogP) is 1.09. The molecule has 0 heterocycles. The van der Waals surface area contributed by atoms with E-state index in [9.17, 15) is 8.42 Å². The molecule has 0 saturated heterocycles. The zero-order chi connectivity index (χ0) is 14.1. The zero-order valence-corrected chi connectivity index (χ0v) is 12.5. The molecular weight excluding hydrogens is 286 g/mol. The Morgan fingerprint density at radius 3 is 2.53 bits per heavy atom. The molecular formula is C12H19NO4S2. The number of ether oxygens (including phenoxy) is 1. The van der Waals surface area contributed by atoms with Crippen molar-refractivity contribution in [3.05, 3.63) is 24.3 Å². The van der Waals surface area contributed by atoms with Gasteiger partial charge in [0.15, 0.2) is 0 Å². The standard InChI is InChI=1S/C12H19NO4S2/c1-17-11-3-5-12(6-4-11)19(15,16)13-7-10-18-9-2-8-14/h3-6,13-14H,2,7-10H2,1H3. The smallest absolute Gasteiger partial charge is 0.240 e. The lowest BCUT2D eigenvalue weighted by Crippen LogP contribution is -2.26. The van der Waals surface area contributed by atoms with Gasteiger partial charge in [-0.25, -0.2) is 13.1 Å². The van der Waals surface area contributed by atoms with Gasteiger partial charge in [0, 0.05) is 18.9 Å². The molecule has 0 bridgehead atoms. The number of thioether (sulfide) groups is 1. The van der Waals surface area contributed by atoms with Crippen LogP contribution in [0, 0.1) is 0 Å². The largest absolute Gasteiger partial charge is 0.497 e. The van der Waals surface area contributed by atoms with E-state index in [0.717, 1.165) is 12.2 Å². The fourth-order valence-electron chi connectivity index (χ4n) is 1.36. The van der Waals surface area contributed by atoms with E-state index in [1.54, 1.807) is 23.9 Å². The monoisotopic (exact) mass is 305 g/mol. The van der Waals surface area contributed by atoms with E-state index in [-0.39, 0.29) is 11.5 Å². The van der Waals surface area contributed by atoms with Gasteiger partial charge in [-0.05, 0) is 36.4 Å². The number of hydrogen-bond donors (Lipinski definition) is 2. The van der Waals surface area contributed by atoms with Gasteiger partial charge in [0.2, 0.25) is 10.0 Å². The molecule has 1 aromatic carbocycles. The first-order valence-corrected chi connectivity index (χ1v) is 8.56. The summed E-state index contributed by atoms with van der Waals surface area (Å²) in [6.45, 7) is 0.551. The van der Waals surface area contributed by atoms with Gasteiger partial charge in [-0.1, -0.05) is 0 Å². The molecule has 0 unspecified atom stereocenters. The zero-order valence-electron chi connectivity index (χ0n) is 10.8. The third-order valence-electron chi connectivity index (χ3n) is 2.36. The molecule has 2 N–H and O–H groups in total. The Labute approximate surface area is 118 Å². The highest BCUT2D eigenvalue weighted by atomic mass is 32.2. The molecule has 0 saturated carbocycles. The van der Waals surface area contributed by atoms with Gasteiger partial charge in [-0.3, -0.25) is 0 Å². The van der Waals surface area contributed by atoms with Gasteiger partial charge in [0.05, 0.1) is 12.0 Å². The maximum absolute atomic E-state index is 11.9. The van der Waals surface area contributed by atoms with Crippen molar-refractivity contribution in [1.82, 2.24) is 4.72 Å². The first-order valence-electron chi connectivity index (χ1n) is 5.92. The molecule has 19 heavy (non-hydrogen) atoms. The van der Waals surface area contributed by atoms with Gasteiger partial charge < -0.3 is 9.84 Å². The van der Waals surface area contributed by atoms with E-state index in [4.69, 9.17) is 9.84 Å². The summed E-state index contributed by atoms with van der Waals surface area (Å²) >= 11 is 1.61. The Balaban J connectivity index is 2.42. The number of benzene rings is 1. The second-order valence-corrected chi connectivity index (χ2v) is 6.75. The fraction of sp³-hybridized carbons (Fsp3) is 0.500. The van der Waals surface area contributed by atoms with E-state index < -0.39 is 10.0 Å². The number of aliphatic hydroxyl groups is 1. The molecule has 0 aliphatic carbocycles. The first kappa shape index (κ1) is 16.3. The lowest BCUT2D eigenvalue weighted by atomic mass is 10.3. The molecule has 0 aromatic heterocycles. The third kappa shape index (κ3) is 5.82. The van der Waals surface area contributed by atoms with Crippen molar-refractivity contribution in [3.8, 4) is 5.75 Å². The highest BCUT2D eigenvalue weighted by molar-refractivity contribution is 7.99. The van der Waals surface area contributed by atoms with Crippen LogP contribution in [-0.2, 0) is 10.0 Å². The summed E-state index contributed by atoms with van der Waals surface area (Å²) in [5.41, 5.74) is 0. The Kier molecular flexibility index (Phi) is 7.22. The van der Waals surface area contributed by atoms with Gasteiger partial charge in [-0.15, -0.1) is 0 Å². The Hall–Kier alpha value is -0.760. The normalized spacial score (nSPS) is 11.5. The van der Waals surface area contributed by atoms with Crippen LogP contribution in [0.4, 0.5) is 0 Å². The minimum absolute atomic E-state index is 0.171. The van der Waals surface area contributed by atoms with Crippen LogP contribution in [-0.4, -0.2) is 45.3 Å². The van der Waals surface area contributed by atoms with Crippen LogP contribution < -0.4 is 9.46 Å². The maximum Gasteiger partial charge on any atom is 0.240 e. The summed E-state index contributed by atoms with van der Waals surface area (Å²) in [5, 5.41) is 8.61. The molecule has 7 heteroatoms. The average Bonchev–Trinajstić information content (AvgIpc) is 2.43. The number of hydrogen-bond acceptors (Lipinski definition) is 5.